The zero-order valence-electron chi connectivity index (χ0n) is 10.7. The summed E-state index contributed by atoms with van der Waals surface area (Å²) in [5.41, 5.74) is 0. The van der Waals surface area contributed by atoms with Gasteiger partial charge in [0.15, 0.2) is 0 Å². The lowest BCUT2D eigenvalue weighted by atomic mass is 9.98. The van der Waals surface area contributed by atoms with Gasteiger partial charge < -0.3 is 5.32 Å². The Bertz CT molecular complexity index is 210. The molecule has 2 rings (SSSR count). The van der Waals surface area contributed by atoms with E-state index >= 15 is 0 Å². The molecule has 2 nitrogen and oxygen atoms in total. The van der Waals surface area contributed by atoms with Crippen molar-refractivity contribution < 1.29 is 0 Å². The van der Waals surface area contributed by atoms with Crippen LogP contribution in [0.25, 0.3) is 0 Å². The highest BCUT2D eigenvalue weighted by atomic mass is 32.2. The van der Waals surface area contributed by atoms with E-state index in [2.05, 4.69) is 23.4 Å². The van der Waals surface area contributed by atoms with Crippen LogP contribution < -0.4 is 5.32 Å². The average Bonchev–Trinajstić information content (AvgIpc) is 2.66. The Morgan fingerprint density at radius 2 is 2.12 bits per heavy atom. The van der Waals surface area contributed by atoms with Gasteiger partial charge in [0.25, 0.3) is 0 Å². The summed E-state index contributed by atoms with van der Waals surface area (Å²) in [6.45, 7) is 7.44. The Hall–Kier alpha value is 0.270. The number of likely N-dealkylation sites (tertiary alicyclic amines) is 1. The monoisotopic (exact) mass is 242 g/mol. The lowest BCUT2D eigenvalue weighted by Gasteiger charge is -2.30. The van der Waals surface area contributed by atoms with E-state index in [1.165, 1.54) is 51.9 Å². The number of rotatable bonds is 3. The molecule has 16 heavy (non-hydrogen) atoms. The second-order valence-corrected chi connectivity index (χ2v) is 6.32. The van der Waals surface area contributed by atoms with Gasteiger partial charge in [-0.25, -0.2) is 0 Å². The highest BCUT2D eigenvalue weighted by Crippen LogP contribution is 2.26. The van der Waals surface area contributed by atoms with E-state index in [-0.39, 0.29) is 0 Å². The van der Waals surface area contributed by atoms with Gasteiger partial charge in [-0.15, -0.1) is 0 Å². The maximum absolute atomic E-state index is 3.55. The standard InChI is InChI=1S/C13H26N2S/c1-3-11-5-4-7-15(8-6-11)12-9-14-10-13(12)16-2/h11-14H,3-10H2,1-2H3. The topological polar surface area (TPSA) is 15.3 Å². The van der Waals surface area contributed by atoms with Crippen molar-refractivity contribution >= 4 is 11.8 Å². The quantitative estimate of drug-likeness (QED) is 0.817. The van der Waals surface area contributed by atoms with Crippen molar-refractivity contribution in [2.45, 2.75) is 43.9 Å². The third-order valence-corrected chi connectivity index (χ3v) is 5.45. The van der Waals surface area contributed by atoms with Gasteiger partial charge in [-0.2, -0.15) is 11.8 Å². The van der Waals surface area contributed by atoms with E-state index in [9.17, 15) is 0 Å². The van der Waals surface area contributed by atoms with E-state index in [0.29, 0.717) is 0 Å². The largest absolute Gasteiger partial charge is 0.314 e. The fourth-order valence-corrected chi connectivity index (χ4v) is 4.04. The summed E-state index contributed by atoms with van der Waals surface area (Å²) in [7, 11) is 0. The second-order valence-electron chi connectivity index (χ2n) is 5.24. The minimum absolute atomic E-state index is 0.797. The van der Waals surface area contributed by atoms with Gasteiger partial charge in [0.2, 0.25) is 0 Å². The summed E-state index contributed by atoms with van der Waals surface area (Å²) in [5.74, 6) is 0.993. The molecule has 2 heterocycles. The molecule has 0 aromatic carbocycles. The summed E-state index contributed by atoms with van der Waals surface area (Å²) in [4.78, 5) is 2.76. The molecule has 0 aromatic heterocycles. The molecule has 2 saturated heterocycles. The first kappa shape index (κ1) is 12.7. The van der Waals surface area contributed by atoms with Gasteiger partial charge in [-0.1, -0.05) is 13.3 Å². The van der Waals surface area contributed by atoms with Crippen molar-refractivity contribution in [1.82, 2.24) is 10.2 Å². The number of thioether (sulfide) groups is 1. The Kier molecular flexibility index (Phi) is 4.98. The maximum atomic E-state index is 3.55. The molecule has 0 amide bonds. The first-order valence-corrected chi connectivity index (χ1v) is 8.11. The molecule has 0 aromatic rings. The van der Waals surface area contributed by atoms with Crippen LogP contribution in [-0.2, 0) is 0 Å². The zero-order chi connectivity index (χ0) is 11.4. The predicted octanol–water partition coefficient (Wildman–Crippen LogP) is 2.20. The van der Waals surface area contributed by atoms with Crippen LogP contribution in [0.15, 0.2) is 0 Å². The van der Waals surface area contributed by atoms with Crippen LogP contribution in [-0.4, -0.2) is 48.6 Å². The molecule has 2 fully saturated rings. The first-order chi connectivity index (χ1) is 7.85. The Morgan fingerprint density at radius 3 is 2.88 bits per heavy atom. The highest BCUT2D eigenvalue weighted by Gasteiger charge is 2.32. The minimum Gasteiger partial charge on any atom is -0.314 e. The second kappa shape index (κ2) is 6.27. The lowest BCUT2D eigenvalue weighted by Crippen LogP contribution is -2.42. The van der Waals surface area contributed by atoms with Crippen molar-refractivity contribution in [3.63, 3.8) is 0 Å². The fourth-order valence-electron chi connectivity index (χ4n) is 3.17. The predicted molar refractivity (Wildman–Crippen MR) is 73.2 cm³/mol. The third-order valence-electron chi connectivity index (χ3n) is 4.36. The summed E-state index contributed by atoms with van der Waals surface area (Å²) in [5, 5.41) is 4.37. The number of nitrogens with one attached hydrogen (secondary N) is 1. The fraction of sp³-hybridized carbons (Fsp3) is 1.00. The molecule has 1 N–H and O–H groups in total. The van der Waals surface area contributed by atoms with Crippen molar-refractivity contribution in [1.29, 1.82) is 0 Å². The van der Waals surface area contributed by atoms with Crippen LogP contribution in [0, 0.1) is 5.92 Å². The number of hydrogen-bond acceptors (Lipinski definition) is 3. The molecule has 0 saturated carbocycles. The summed E-state index contributed by atoms with van der Waals surface area (Å²) < 4.78 is 0. The summed E-state index contributed by atoms with van der Waals surface area (Å²) >= 11 is 2.04. The van der Waals surface area contributed by atoms with Gasteiger partial charge in [0.1, 0.15) is 0 Å². The molecular weight excluding hydrogens is 216 g/mol. The molecule has 3 heteroatoms. The third kappa shape index (κ3) is 2.93. The molecule has 0 aliphatic carbocycles. The molecule has 0 radical (unpaired) electrons. The molecule has 3 unspecified atom stereocenters. The van der Waals surface area contributed by atoms with Crippen molar-refractivity contribution in [3.05, 3.63) is 0 Å². The Labute approximate surface area is 105 Å². The highest BCUT2D eigenvalue weighted by molar-refractivity contribution is 7.99. The van der Waals surface area contributed by atoms with E-state index in [4.69, 9.17) is 0 Å². The van der Waals surface area contributed by atoms with Crippen LogP contribution in [0.3, 0.4) is 0 Å². The summed E-state index contributed by atoms with van der Waals surface area (Å²) in [6, 6.07) is 0.797. The summed E-state index contributed by atoms with van der Waals surface area (Å²) in [6.07, 6.45) is 7.93. The van der Waals surface area contributed by atoms with Crippen LogP contribution in [0.5, 0.6) is 0 Å². The molecule has 0 spiro atoms. The van der Waals surface area contributed by atoms with Crippen LogP contribution in [0.2, 0.25) is 0 Å². The van der Waals surface area contributed by atoms with E-state index < -0.39 is 0 Å². The average molecular weight is 242 g/mol. The van der Waals surface area contributed by atoms with Gasteiger partial charge in [-0.05, 0) is 44.5 Å². The molecule has 94 valence electrons. The SMILES string of the molecule is CCC1CCCN(C2CNCC2SC)CC1. The van der Waals surface area contributed by atoms with Crippen LogP contribution in [0.1, 0.15) is 32.6 Å². The molecule has 3 atom stereocenters. The Balaban J connectivity index is 1.89. The van der Waals surface area contributed by atoms with Crippen molar-refractivity contribution in [2.24, 2.45) is 5.92 Å². The van der Waals surface area contributed by atoms with E-state index in [1.807, 2.05) is 11.8 Å². The number of nitrogens with zero attached hydrogens (tertiary/aromatic N) is 1. The van der Waals surface area contributed by atoms with Gasteiger partial charge >= 0.3 is 0 Å². The van der Waals surface area contributed by atoms with Crippen molar-refractivity contribution in [2.75, 3.05) is 32.4 Å². The van der Waals surface area contributed by atoms with Crippen molar-refractivity contribution in [3.8, 4) is 0 Å². The molecule has 2 aliphatic heterocycles. The number of hydrogen-bond donors (Lipinski definition) is 1. The zero-order valence-corrected chi connectivity index (χ0v) is 11.6. The normalized spacial score (nSPS) is 37.5. The van der Waals surface area contributed by atoms with Gasteiger partial charge in [0.05, 0.1) is 0 Å². The Morgan fingerprint density at radius 1 is 1.25 bits per heavy atom. The van der Waals surface area contributed by atoms with Crippen LogP contribution in [0.4, 0.5) is 0 Å². The smallest absolute Gasteiger partial charge is 0.0351 e. The molecule has 0 bridgehead atoms. The molecular formula is C13H26N2S. The first-order valence-electron chi connectivity index (χ1n) is 6.82. The molecule has 2 aliphatic rings. The lowest BCUT2D eigenvalue weighted by molar-refractivity contribution is 0.217. The van der Waals surface area contributed by atoms with E-state index in [0.717, 1.165) is 17.2 Å². The minimum atomic E-state index is 0.797. The van der Waals surface area contributed by atoms with Crippen LogP contribution >= 0.6 is 11.8 Å². The van der Waals surface area contributed by atoms with E-state index in [1.54, 1.807) is 0 Å². The van der Waals surface area contributed by atoms with Gasteiger partial charge in [-0.3, -0.25) is 4.90 Å². The van der Waals surface area contributed by atoms with Gasteiger partial charge in [0, 0.05) is 24.4 Å². The maximum Gasteiger partial charge on any atom is 0.0351 e.